The second-order valence-electron chi connectivity index (χ2n) is 8.32. The van der Waals surface area contributed by atoms with Crippen LogP contribution in [-0.4, -0.2) is 36.2 Å². The first-order valence-electron chi connectivity index (χ1n) is 9.62. The summed E-state index contributed by atoms with van der Waals surface area (Å²) in [6.07, 6.45) is -0.132. The highest BCUT2D eigenvalue weighted by Gasteiger charge is 2.47. The van der Waals surface area contributed by atoms with Crippen molar-refractivity contribution in [2.75, 3.05) is 0 Å². The highest BCUT2D eigenvalue weighted by molar-refractivity contribution is 7.92. The lowest BCUT2D eigenvalue weighted by Gasteiger charge is -2.22. The van der Waals surface area contributed by atoms with Crippen molar-refractivity contribution in [3.8, 4) is 0 Å². The molecule has 8 nitrogen and oxygen atoms in total. The number of nitrogens with zero attached hydrogens (tertiary/aromatic N) is 1. The van der Waals surface area contributed by atoms with Crippen molar-refractivity contribution < 1.29 is 27.3 Å². The molecule has 3 unspecified atom stereocenters. The van der Waals surface area contributed by atoms with Gasteiger partial charge < -0.3 is 4.74 Å². The maximum Gasteiger partial charge on any atom is 0.323 e. The van der Waals surface area contributed by atoms with Crippen LogP contribution in [0.15, 0.2) is 53.4 Å². The van der Waals surface area contributed by atoms with Crippen LogP contribution in [0.3, 0.4) is 0 Å². The molecule has 0 saturated carbocycles. The van der Waals surface area contributed by atoms with Crippen LogP contribution >= 0.6 is 0 Å². The molecule has 2 aromatic carbocycles. The van der Waals surface area contributed by atoms with Crippen LogP contribution < -0.4 is 5.32 Å². The van der Waals surface area contributed by atoms with Crippen LogP contribution in [0.25, 0.3) is 0 Å². The molecule has 1 N–H and O–H groups in total. The third-order valence-corrected chi connectivity index (χ3v) is 7.12. The van der Waals surface area contributed by atoms with Crippen molar-refractivity contribution in [1.29, 1.82) is 0 Å². The predicted octanol–water partition coefficient (Wildman–Crippen LogP) is 3.32. The van der Waals surface area contributed by atoms with Gasteiger partial charge in [0.1, 0.15) is 17.5 Å². The Hall–Kier alpha value is -2.85. The molecule has 0 amide bonds. The Balaban J connectivity index is 2.00. The van der Waals surface area contributed by atoms with Crippen molar-refractivity contribution in [2.24, 2.45) is 0 Å². The summed E-state index contributed by atoms with van der Waals surface area (Å²) in [6.45, 7) is 5.08. The molecular weight excluding hydrogens is 427 g/mol. The van der Waals surface area contributed by atoms with Crippen molar-refractivity contribution in [2.45, 2.75) is 55.0 Å². The fraction of sp³-hybridized carbons (Fsp3) is 0.381. The Morgan fingerprint density at radius 1 is 1.16 bits per heavy atom. The van der Waals surface area contributed by atoms with E-state index in [1.807, 2.05) is 0 Å². The first-order valence-corrected chi connectivity index (χ1v) is 11.2. The van der Waals surface area contributed by atoms with E-state index in [9.17, 15) is 27.7 Å². The summed E-state index contributed by atoms with van der Waals surface area (Å²) in [7, 11) is -4.06. The topological polar surface area (TPSA) is 116 Å². The molecule has 166 valence electrons. The summed E-state index contributed by atoms with van der Waals surface area (Å²) >= 11 is 0. The number of halogens is 1. The molecule has 0 radical (unpaired) electrons. The lowest BCUT2D eigenvalue weighted by atomic mass is 10.0. The van der Waals surface area contributed by atoms with Gasteiger partial charge in [-0.25, -0.2) is 12.8 Å². The van der Waals surface area contributed by atoms with E-state index in [-0.39, 0.29) is 22.6 Å². The molecule has 1 aliphatic rings. The fourth-order valence-corrected chi connectivity index (χ4v) is 5.45. The first kappa shape index (κ1) is 22.8. The van der Waals surface area contributed by atoms with Crippen LogP contribution in [0.5, 0.6) is 0 Å². The average molecular weight is 450 g/mol. The molecule has 10 heteroatoms. The van der Waals surface area contributed by atoms with Crippen molar-refractivity contribution in [1.82, 2.24) is 5.32 Å². The summed E-state index contributed by atoms with van der Waals surface area (Å²) in [4.78, 5) is 22.7. The second-order valence-corrected chi connectivity index (χ2v) is 10.5. The average Bonchev–Trinajstić information content (AvgIpc) is 3.13. The zero-order chi connectivity index (χ0) is 23.0. The minimum atomic E-state index is -4.06. The quantitative estimate of drug-likeness (QED) is 0.422. The van der Waals surface area contributed by atoms with E-state index in [2.05, 4.69) is 5.32 Å². The molecule has 1 heterocycles. The molecular formula is C21H23FN2O6S. The first-order chi connectivity index (χ1) is 14.4. The van der Waals surface area contributed by atoms with Gasteiger partial charge in [0.15, 0.2) is 9.84 Å². The van der Waals surface area contributed by atoms with Gasteiger partial charge in [0.25, 0.3) is 5.69 Å². The maximum atomic E-state index is 14.5. The van der Waals surface area contributed by atoms with E-state index in [0.717, 1.165) is 24.3 Å². The number of esters is 1. The molecule has 0 spiro atoms. The minimum Gasteiger partial charge on any atom is -0.459 e. The van der Waals surface area contributed by atoms with Crippen LogP contribution in [0, 0.1) is 15.9 Å². The summed E-state index contributed by atoms with van der Waals surface area (Å²) < 4.78 is 46.7. The molecule has 31 heavy (non-hydrogen) atoms. The molecule has 0 aliphatic carbocycles. The van der Waals surface area contributed by atoms with Gasteiger partial charge in [0, 0.05) is 17.7 Å². The third kappa shape index (κ3) is 4.91. The number of ether oxygens (including phenoxy) is 1. The molecule has 1 aliphatic heterocycles. The fourth-order valence-electron chi connectivity index (χ4n) is 3.55. The predicted molar refractivity (Wildman–Crippen MR) is 111 cm³/mol. The van der Waals surface area contributed by atoms with Gasteiger partial charge in [0.2, 0.25) is 0 Å². The van der Waals surface area contributed by atoms with Crippen molar-refractivity contribution in [3.05, 3.63) is 70.0 Å². The monoisotopic (exact) mass is 450 g/mol. The Labute approximate surface area is 179 Å². The van der Waals surface area contributed by atoms with E-state index >= 15 is 0 Å². The number of hydrogen-bond donors (Lipinski definition) is 1. The van der Waals surface area contributed by atoms with Crippen LogP contribution in [0.4, 0.5) is 10.1 Å². The van der Waals surface area contributed by atoms with Gasteiger partial charge in [-0.1, -0.05) is 18.2 Å². The number of nitro benzene ring substituents is 1. The number of hydrogen-bond acceptors (Lipinski definition) is 7. The minimum absolute atomic E-state index is 0.115. The Morgan fingerprint density at radius 2 is 1.77 bits per heavy atom. The number of benzene rings is 2. The molecule has 3 rings (SSSR count). The van der Waals surface area contributed by atoms with Crippen molar-refractivity contribution in [3.63, 3.8) is 0 Å². The highest BCUT2D eigenvalue weighted by Crippen LogP contribution is 2.37. The van der Waals surface area contributed by atoms with Gasteiger partial charge in [-0.2, -0.15) is 0 Å². The van der Waals surface area contributed by atoms with Crippen molar-refractivity contribution >= 4 is 21.5 Å². The zero-order valence-electron chi connectivity index (χ0n) is 17.2. The number of non-ortho nitro benzene ring substituents is 1. The molecule has 2 aromatic rings. The van der Waals surface area contributed by atoms with E-state index in [1.165, 1.54) is 18.2 Å². The number of sulfone groups is 1. The van der Waals surface area contributed by atoms with Gasteiger partial charge in [0.05, 0.1) is 21.1 Å². The van der Waals surface area contributed by atoms with Gasteiger partial charge >= 0.3 is 5.97 Å². The molecule has 0 aromatic heterocycles. The number of rotatable bonds is 5. The Kier molecular flexibility index (Phi) is 6.15. The summed E-state index contributed by atoms with van der Waals surface area (Å²) in [5.41, 5.74) is -0.911. The number of nitrogens with one attached hydrogen (secondary N) is 1. The van der Waals surface area contributed by atoms with E-state index in [1.54, 1.807) is 26.8 Å². The molecule has 1 saturated heterocycles. The van der Waals surface area contributed by atoms with Gasteiger partial charge in [-0.3, -0.25) is 20.2 Å². The van der Waals surface area contributed by atoms with Crippen LogP contribution in [0.2, 0.25) is 0 Å². The van der Waals surface area contributed by atoms with Crippen LogP contribution in [0.1, 0.15) is 38.8 Å². The normalized spacial score (nSPS) is 21.6. The molecule has 1 fully saturated rings. The number of carbonyl (C=O) groups excluding carboxylic acids is 1. The largest absolute Gasteiger partial charge is 0.459 e. The second kappa shape index (κ2) is 8.35. The number of nitro groups is 1. The lowest BCUT2D eigenvalue weighted by molar-refractivity contribution is -0.384. The van der Waals surface area contributed by atoms with Gasteiger partial charge in [-0.15, -0.1) is 0 Å². The third-order valence-electron chi connectivity index (χ3n) is 4.93. The number of carbonyl (C=O) groups is 1. The maximum absolute atomic E-state index is 14.5. The lowest BCUT2D eigenvalue weighted by Crippen LogP contribution is -2.38. The summed E-state index contributed by atoms with van der Waals surface area (Å²) in [5.74, 6) is -1.23. The zero-order valence-corrected chi connectivity index (χ0v) is 18.1. The summed E-state index contributed by atoms with van der Waals surface area (Å²) in [6, 6.07) is 8.27. The van der Waals surface area contributed by atoms with E-state index in [0.29, 0.717) is 0 Å². The smallest absolute Gasteiger partial charge is 0.323 e. The van der Waals surface area contributed by atoms with Crippen LogP contribution in [-0.2, 0) is 19.4 Å². The molecule has 3 atom stereocenters. The Bertz CT molecular complexity index is 1100. The molecule has 0 bridgehead atoms. The SMILES string of the molecule is CC(C)(C)OC(=O)C1CC(S(=O)(=O)c2ccc([N+](=O)[O-])cc2)C(c2ccccc2F)N1. The van der Waals surface area contributed by atoms with E-state index < -0.39 is 49.5 Å². The Morgan fingerprint density at radius 3 is 2.32 bits per heavy atom. The van der Waals surface area contributed by atoms with E-state index in [4.69, 9.17) is 4.74 Å². The standard InChI is InChI=1S/C21H23FN2O6S/c1-21(2,3)30-20(25)17-12-18(19(23-17)15-6-4-5-7-16(15)22)31(28,29)14-10-8-13(9-11-14)24(26)27/h4-11,17-19,23H,12H2,1-3H3. The van der Waals surface area contributed by atoms with Gasteiger partial charge in [-0.05, 0) is 45.4 Å². The highest BCUT2D eigenvalue weighted by atomic mass is 32.2. The summed E-state index contributed by atoms with van der Waals surface area (Å²) in [5, 5.41) is 12.6.